The summed E-state index contributed by atoms with van der Waals surface area (Å²) in [6.45, 7) is 2.92. The van der Waals surface area contributed by atoms with Crippen LogP contribution in [0.4, 0.5) is 0 Å². The molecule has 0 amide bonds. The number of furan rings is 1. The molecule has 6 heteroatoms. The maximum Gasteiger partial charge on any atom is 0.169 e. The molecule has 5 nitrogen and oxygen atoms in total. The van der Waals surface area contributed by atoms with Crippen molar-refractivity contribution in [3.8, 4) is 0 Å². The van der Waals surface area contributed by atoms with E-state index in [-0.39, 0.29) is 6.04 Å². The van der Waals surface area contributed by atoms with Gasteiger partial charge in [-0.1, -0.05) is 0 Å². The maximum absolute atomic E-state index is 5.55. The van der Waals surface area contributed by atoms with Crippen molar-refractivity contribution in [3.05, 3.63) is 40.5 Å². The number of aromatic nitrogens is 2. The van der Waals surface area contributed by atoms with Gasteiger partial charge >= 0.3 is 0 Å². The van der Waals surface area contributed by atoms with E-state index in [9.17, 15) is 0 Å². The first-order valence-corrected chi connectivity index (χ1v) is 6.25. The Morgan fingerprint density at radius 1 is 1.59 bits per heavy atom. The van der Waals surface area contributed by atoms with Crippen molar-refractivity contribution in [1.82, 2.24) is 15.2 Å². The zero-order valence-corrected chi connectivity index (χ0v) is 11.1. The second kappa shape index (κ2) is 5.48. The highest BCUT2D eigenvalue weighted by atomic mass is 79.9. The maximum atomic E-state index is 5.55. The first-order chi connectivity index (χ1) is 8.22. The summed E-state index contributed by atoms with van der Waals surface area (Å²) in [5, 5.41) is 4.23. The lowest BCUT2D eigenvalue weighted by atomic mass is 10.1. The Bertz CT molecular complexity index is 479. The normalized spacial score (nSPS) is 12.9. The topological polar surface area (TPSA) is 69.0 Å². The third-order valence-corrected chi connectivity index (χ3v) is 3.02. The summed E-state index contributed by atoms with van der Waals surface area (Å²) >= 11 is 3.28. The third kappa shape index (κ3) is 2.96. The van der Waals surface area contributed by atoms with Crippen LogP contribution in [0.15, 0.2) is 33.6 Å². The van der Waals surface area contributed by atoms with Gasteiger partial charge in [-0.3, -0.25) is 10.5 Å². The monoisotopic (exact) mass is 298 g/mol. The number of nitrogens with two attached hydrogens (primary N) is 1. The van der Waals surface area contributed by atoms with Crippen molar-refractivity contribution in [2.75, 3.05) is 0 Å². The molecule has 17 heavy (non-hydrogen) atoms. The third-order valence-electron chi connectivity index (χ3n) is 2.59. The van der Waals surface area contributed by atoms with Gasteiger partial charge in [0.05, 0.1) is 12.2 Å². The van der Waals surface area contributed by atoms with Crippen molar-refractivity contribution in [2.24, 2.45) is 5.84 Å². The largest absolute Gasteiger partial charge is 0.453 e. The average Bonchev–Trinajstić information content (AvgIpc) is 2.94. The van der Waals surface area contributed by atoms with Crippen LogP contribution in [0.3, 0.4) is 0 Å². The number of halogens is 1. The van der Waals surface area contributed by atoms with Gasteiger partial charge in [-0.25, -0.2) is 5.43 Å². The first kappa shape index (κ1) is 12.3. The summed E-state index contributed by atoms with van der Waals surface area (Å²) in [6, 6.07) is 3.71. The van der Waals surface area contributed by atoms with E-state index < -0.39 is 0 Å². The quantitative estimate of drug-likeness (QED) is 0.654. The molecule has 0 aromatic carbocycles. The molecule has 0 aliphatic carbocycles. The SMILES string of the molecule is CCn1cc(CC(NN)c2ccc(Br)o2)cn1. The summed E-state index contributed by atoms with van der Waals surface area (Å²) in [5.74, 6) is 6.36. The molecule has 2 aromatic heterocycles. The Balaban J connectivity index is 2.09. The Morgan fingerprint density at radius 2 is 2.41 bits per heavy atom. The van der Waals surface area contributed by atoms with E-state index >= 15 is 0 Å². The zero-order valence-electron chi connectivity index (χ0n) is 9.56. The number of hydrazine groups is 1. The van der Waals surface area contributed by atoms with E-state index in [1.165, 1.54) is 0 Å². The molecule has 2 aromatic rings. The van der Waals surface area contributed by atoms with Crippen LogP contribution >= 0.6 is 15.9 Å². The fraction of sp³-hybridized carbons (Fsp3) is 0.364. The lowest BCUT2D eigenvalue weighted by Crippen LogP contribution is -2.29. The highest BCUT2D eigenvalue weighted by molar-refractivity contribution is 9.10. The first-order valence-electron chi connectivity index (χ1n) is 5.45. The predicted octanol–water partition coefficient (Wildman–Crippen LogP) is 2.01. The molecule has 2 heterocycles. The number of hydrogen-bond acceptors (Lipinski definition) is 4. The molecule has 0 aliphatic heterocycles. The van der Waals surface area contributed by atoms with Gasteiger partial charge in [0, 0.05) is 12.7 Å². The van der Waals surface area contributed by atoms with Crippen molar-refractivity contribution >= 4 is 15.9 Å². The van der Waals surface area contributed by atoms with Crippen molar-refractivity contribution < 1.29 is 4.42 Å². The van der Waals surface area contributed by atoms with Gasteiger partial charge in [0.1, 0.15) is 5.76 Å². The van der Waals surface area contributed by atoms with E-state index in [4.69, 9.17) is 10.3 Å². The number of nitrogens with zero attached hydrogens (tertiary/aromatic N) is 2. The van der Waals surface area contributed by atoms with Gasteiger partial charge < -0.3 is 4.42 Å². The van der Waals surface area contributed by atoms with Gasteiger partial charge in [-0.05, 0) is 47.0 Å². The smallest absolute Gasteiger partial charge is 0.169 e. The standard InChI is InChI=1S/C11H15BrN4O/c1-2-16-7-8(6-14-16)5-9(15-13)10-3-4-11(12)17-10/h3-4,6-7,9,15H,2,5,13H2,1H3. The molecule has 3 N–H and O–H groups in total. The molecule has 0 fully saturated rings. The molecule has 1 atom stereocenters. The van der Waals surface area contributed by atoms with E-state index in [1.54, 1.807) is 0 Å². The van der Waals surface area contributed by atoms with Crippen LogP contribution in [-0.4, -0.2) is 9.78 Å². The van der Waals surface area contributed by atoms with Gasteiger partial charge in [-0.15, -0.1) is 0 Å². The second-order valence-corrected chi connectivity index (χ2v) is 4.55. The highest BCUT2D eigenvalue weighted by Crippen LogP contribution is 2.22. The van der Waals surface area contributed by atoms with Crippen LogP contribution in [0.1, 0.15) is 24.3 Å². The number of rotatable bonds is 5. The van der Waals surface area contributed by atoms with Gasteiger partial charge in [-0.2, -0.15) is 5.10 Å². The number of aryl methyl sites for hydroxylation is 1. The molecule has 0 radical (unpaired) electrons. The summed E-state index contributed by atoms with van der Waals surface area (Å²) in [5.41, 5.74) is 3.88. The van der Waals surface area contributed by atoms with Crippen LogP contribution in [0, 0.1) is 0 Å². The second-order valence-electron chi connectivity index (χ2n) is 3.77. The molecule has 0 aliphatic rings. The predicted molar refractivity (Wildman–Crippen MR) is 68.1 cm³/mol. The summed E-state index contributed by atoms with van der Waals surface area (Å²) in [6.07, 6.45) is 4.62. The lowest BCUT2D eigenvalue weighted by Gasteiger charge is -2.11. The number of nitrogens with one attached hydrogen (secondary N) is 1. The van der Waals surface area contributed by atoms with Crippen molar-refractivity contribution in [3.63, 3.8) is 0 Å². The van der Waals surface area contributed by atoms with Gasteiger partial charge in [0.25, 0.3) is 0 Å². The van der Waals surface area contributed by atoms with Crippen LogP contribution in [0.25, 0.3) is 0 Å². The van der Waals surface area contributed by atoms with E-state index in [1.807, 2.05) is 29.2 Å². The molecule has 92 valence electrons. The molecule has 2 rings (SSSR count). The molecule has 0 spiro atoms. The summed E-state index contributed by atoms with van der Waals surface area (Å²) < 4.78 is 8.08. The van der Waals surface area contributed by atoms with Crippen LogP contribution in [0.5, 0.6) is 0 Å². The van der Waals surface area contributed by atoms with E-state index in [2.05, 4.69) is 33.4 Å². The molecule has 1 unspecified atom stereocenters. The Kier molecular flexibility index (Phi) is 3.98. The minimum Gasteiger partial charge on any atom is -0.453 e. The Labute approximate surface area is 108 Å². The Hall–Kier alpha value is -1.11. The minimum absolute atomic E-state index is 0.0455. The minimum atomic E-state index is -0.0455. The molecule has 0 bridgehead atoms. The number of hydrogen-bond donors (Lipinski definition) is 2. The molecular formula is C11H15BrN4O. The zero-order chi connectivity index (χ0) is 12.3. The van der Waals surface area contributed by atoms with Crippen molar-refractivity contribution in [1.29, 1.82) is 0 Å². The van der Waals surface area contributed by atoms with Gasteiger partial charge in [0.2, 0.25) is 0 Å². The average molecular weight is 299 g/mol. The Morgan fingerprint density at radius 3 is 2.94 bits per heavy atom. The fourth-order valence-corrected chi connectivity index (χ4v) is 2.00. The molecule has 0 saturated heterocycles. The summed E-state index contributed by atoms with van der Waals surface area (Å²) in [4.78, 5) is 0. The molecular weight excluding hydrogens is 284 g/mol. The highest BCUT2D eigenvalue weighted by Gasteiger charge is 2.15. The van der Waals surface area contributed by atoms with Gasteiger partial charge in [0.15, 0.2) is 4.67 Å². The van der Waals surface area contributed by atoms with E-state index in [0.717, 1.165) is 24.3 Å². The van der Waals surface area contributed by atoms with Crippen LogP contribution in [-0.2, 0) is 13.0 Å². The molecule has 0 saturated carbocycles. The summed E-state index contributed by atoms with van der Waals surface area (Å²) in [7, 11) is 0. The van der Waals surface area contributed by atoms with Crippen LogP contribution in [0.2, 0.25) is 0 Å². The fourth-order valence-electron chi connectivity index (χ4n) is 1.68. The lowest BCUT2D eigenvalue weighted by molar-refractivity contribution is 0.404. The van der Waals surface area contributed by atoms with Crippen molar-refractivity contribution in [2.45, 2.75) is 25.9 Å². The van der Waals surface area contributed by atoms with Crippen LogP contribution < -0.4 is 11.3 Å². The van der Waals surface area contributed by atoms with E-state index in [0.29, 0.717) is 4.67 Å².